The summed E-state index contributed by atoms with van der Waals surface area (Å²) in [5, 5.41) is 9.96. The van der Waals surface area contributed by atoms with Gasteiger partial charge >= 0.3 is 0 Å². The first-order chi connectivity index (χ1) is 11.8. The Hall–Kier alpha value is -2.65. The molecule has 0 aliphatic rings. The first-order valence-corrected chi connectivity index (χ1v) is 8.66. The van der Waals surface area contributed by atoms with E-state index in [-0.39, 0.29) is 5.56 Å². The number of rotatable bonds is 6. The number of para-hydroxylation sites is 1. The first kappa shape index (κ1) is 16.2. The van der Waals surface area contributed by atoms with Gasteiger partial charge in [0, 0.05) is 24.6 Å². The van der Waals surface area contributed by atoms with Crippen LogP contribution < -0.4 is 5.56 Å². The Morgan fingerprint density at radius 1 is 1.21 bits per heavy atom. The molecular formula is C18H16N4OS. The maximum Gasteiger partial charge on any atom is 0.262 e. The van der Waals surface area contributed by atoms with Crippen molar-refractivity contribution >= 4 is 22.7 Å². The van der Waals surface area contributed by atoms with E-state index in [9.17, 15) is 4.79 Å². The molecule has 0 unspecified atom stereocenters. The van der Waals surface area contributed by atoms with Crippen LogP contribution in [0.4, 0.5) is 0 Å². The lowest BCUT2D eigenvalue weighted by molar-refractivity contribution is 0.656. The van der Waals surface area contributed by atoms with Gasteiger partial charge in [0.15, 0.2) is 5.16 Å². The molecule has 0 bridgehead atoms. The van der Waals surface area contributed by atoms with Crippen molar-refractivity contribution in [3.8, 4) is 6.07 Å². The highest BCUT2D eigenvalue weighted by molar-refractivity contribution is 7.99. The van der Waals surface area contributed by atoms with Gasteiger partial charge in [0.1, 0.15) is 0 Å². The maximum absolute atomic E-state index is 12.9. The second-order valence-corrected chi connectivity index (χ2v) is 6.34. The molecule has 6 heteroatoms. The zero-order chi connectivity index (χ0) is 16.8. The number of fused-ring (bicyclic) bond motifs is 1. The Morgan fingerprint density at radius 2 is 2.08 bits per heavy atom. The molecule has 0 aliphatic heterocycles. The van der Waals surface area contributed by atoms with E-state index in [1.807, 2.05) is 30.3 Å². The smallest absolute Gasteiger partial charge is 0.262 e. The summed E-state index contributed by atoms with van der Waals surface area (Å²) in [7, 11) is 0. The zero-order valence-electron chi connectivity index (χ0n) is 13.1. The second kappa shape index (κ2) is 7.75. The molecule has 5 nitrogen and oxygen atoms in total. The fourth-order valence-corrected chi connectivity index (χ4v) is 3.32. The van der Waals surface area contributed by atoms with Crippen LogP contribution in [0.25, 0.3) is 10.9 Å². The van der Waals surface area contributed by atoms with E-state index in [2.05, 4.69) is 16.0 Å². The van der Waals surface area contributed by atoms with Crippen LogP contribution >= 0.6 is 11.8 Å². The summed E-state index contributed by atoms with van der Waals surface area (Å²) in [6, 6.07) is 13.3. The van der Waals surface area contributed by atoms with Gasteiger partial charge < -0.3 is 0 Å². The van der Waals surface area contributed by atoms with Crippen molar-refractivity contribution in [2.45, 2.75) is 24.5 Å². The lowest BCUT2D eigenvalue weighted by Gasteiger charge is -2.12. The number of thioether (sulfide) groups is 1. The van der Waals surface area contributed by atoms with Crippen molar-refractivity contribution in [1.82, 2.24) is 14.5 Å². The number of nitrogens with zero attached hydrogens (tertiary/aromatic N) is 4. The Kier molecular flexibility index (Phi) is 5.24. The summed E-state index contributed by atoms with van der Waals surface area (Å²) < 4.78 is 1.69. The van der Waals surface area contributed by atoms with E-state index in [0.717, 1.165) is 17.7 Å². The summed E-state index contributed by atoms with van der Waals surface area (Å²) in [4.78, 5) is 21.6. The molecule has 0 amide bonds. The Bertz CT molecular complexity index is 931. The molecular weight excluding hydrogens is 320 g/mol. The average Bonchev–Trinajstić information content (AvgIpc) is 2.62. The van der Waals surface area contributed by atoms with Gasteiger partial charge in [-0.1, -0.05) is 30.0 Å². The van der Waals surface area contributed by atoms with Crippen molar-refractivity contribution in [3.05, 3.63) is 64.7 Å². The highest BCUT2D eigenvalue weighted by atomic mass is 32.2. The Morgan fingerprint density at radius 3 is 2.88 bits per heavy atom. The number of unbranched alkanes of at least 4 members (excludes halogenated alkanes) is 1. The van der Waals surface area contributed by atoms with Crippen LogP contribution in [0.1, 0.15) is 18.4 Å². The molecule has 0 atom stereocenters. The van der Waals surface area contributed by atoms with Gasteiger partial charge in [0.25, 0.3) is 5.56 Å². The lowest BCUT2D eigenvalue weighted by Crippen LogP contribution is -2.24. The summed E-state index contributed by atoms with van der Waals surface area (Å²) >= 11 is 1.52. The van der Waals surface area contributed by atoms with E-state index < -0.39 is 0 Å². The SMILES string of the molecule is N#CCCCSc1nc2ccccc2c(=O)n1Cc1cccnc1. The van der Waals surface area contributed by atoms with Crippen molar-refractivity contribution in [1.29, 1.82) is 5.26 Å². The predicted molar refractivity (Wildman–Crippen MR) is 94.9 cm³/mol. The molecule has 0 saturated carbocycles. The number of nitriles is 1. The lowest BCUT2D eigenvalue weighted by atomic mass is 10.2. The molecule has 0 N–H and O–H groups in total. The molecule has 2 aromatic heterocycles. The number of aromatic nitrogens is 3. The van der Waals surface area contributed by atoms with Crippen LogP contribution in [0.5, 0.6) is 0 Å². The number of hydrogen-bond donors (Lipinski definition) is 0. The van der Waals surface area contributed by atoms with E-state index in [1.54, 1.807) is 23.0 Å². The molecule has 0 radical (unpaired) electrons. The van der Waals surface area contributed by atoms with Gasteiger partial charge in [0.2, 0.25) is 0 Å². The van der Waals surface area contributed by atoms with Crippen molar-refractivity contribution in [3.63, 3.8) is 0 Å². The minimum absolute atomic E-state index is 0.0489. The minimum atomic E-state index is -0.0489. The third kappa shape index (κ3) is 3.63. The van der Waals surface area contributed by atoms with Crippen LogP contribution in [0.3, 0.4) is 0 Å². The summed E-state index contributed by atoms with van der Waals surface area (Å²) in [5.41, 5.74) is 1.61. The van der Waals surface area contributed by atoms with Gasteiger partial charge in [-0.15, -0.1) is 0 Å². The Balaban J connectivity index is 2.01. The van der Waals surface area contributed by atoms with Crippen LogP contribution in [-0.4, -0.2) is 20.3 Å². The second-order valence-electron chi connectivity index (χ2n) is 5.27. The van der Waals surface area contributed by atoms with Gasteiger partial charge in [0.05, 0.1) is 23.5 Å². The highest BCUT2D eigenvalue weighted by Gasteiger charge is 2.11. The number of hydrogen-bond acceptors (Lipinski definition) is 5. The van der Waals surface area contributed by atoms with Crippen molar-refractivity contribution in [2.24, 2.45) is 0 Å². The summed E-state index contributed by atoms with van der Waals surface area (Å²) in [6.07, 6.45) is 4.75. The molecule has 0 aliphatic carbocycles. The first-order valence-electron chi connectivity index (χ1n) is 7.68. The predicted octanol–water partition coefficient (Wildman–Crippen LogP) is 3.24. The van der Waals surface area contributed by atoms with Crippen molar-refractivity contribution in [2.75, 3.05) is 5.75 Å². The van der Waals surface area contributed by atoms with Gasteiger partial charge in [-0.05, 0) is 30.2 Å². The third-order valence-electron chi connectivity index (χ3n) is 3.55. The highest BCUT2D eigenvalue weighted by Crippen LogP contribution is 2.20. The van der Waals surface area contributed by atoms with E-state index in [1.165, 1.54) is 11.8 Å². The molecule has 0 saturated heterocycles. The summed E-state index contributed by atoms with van der Waals surface area (Å²) in [5.74, 6) is 0.755. The fraction of sp³-hybridized carbons (Fsp3) is 0.222. The number of pyridine rings is 1. The van der Waals surface area contributed by atoms with Gasteiger partial charge in [-0.25, -0.2) is 4.98 Å². The molecule has 0 fully saturated rings. The molecule has 3 aromatic rings. The topological polar surface area (TPSA) is 71.6 Å². The quantitative estimate of drug-likeness (QED) is 0.392. The van der Waals surface area contributed by atoms with E-state index in [0.29, 0.717) is 29.0 Å². The van der Waals surface area contributed by atoms with Crippen LogP contribution in [0.15, 0.2) is 58.7 Å². The molecule has 2 heterocycles. The monoisotopic (exact) mass is 336 g/mol. The summed E-state index contributed by atoms with van der Waals surface area (Å²) in [6.45, 7) is 0.436. The molecule has 1 aromatic carbocycles. The van der Waals surface area contributed by atoms with Crippen molar-refractivity contribution < 1.29 is 0 Å². The maximum atomic E-state index is 12.9. The average molecular weight is 336 g/mol. The van der Waals surface area contributed by atoms with Crippen LogP contribution in [0, 0.1) is 11.3 Å². The molecule has 3 rings (SSSR count). The molecule has 24 heavy (non-hydrogen) atoms. The van der Waals surface area contributed by atoms with Crippen LogP contribution in [0.2, 0.25) is 0 Å². The largest absolute Gasteiger partial charge is 0.283 e. The Labute approximate surface area is 144 Å². The number of benzene rings is 1. The fourth-order valence-electron chi connectivity index (χ4n) is 2.39. The van der Waals surface area contributed by atoms with Gasteiger partial charge in [-0.3, -0.25) is 14.3 Å². The minimum Gasteiger partial charge on any atom is -0.283 e. The zero-order valence-corrected chi connectivity index (χ0v) is 13.9. The van der Waals surface area contributed by atoms with E-state index in [4.69, 9.17) is 5.26 Å². The van der Waals surface area contributed by atoms with Crippen LogP contribution in [-0.2, 0) is 6.54 Å². The van der Waals surface area contributed by atoms with Gasteiger partial charge in [-0.2, -0.15) is 5.26 Å². The standard InChI is InChI=1S/C18H16N4OS/c19-9-3-4-11-24-18-21-16-8-2-1-7-15(16)17(23)22(18)13-14-6-5-10-20-12-14/h1-2,5-8,10,12H,3-4,11,13H2. The van der Waals surface area contributed by atoms with E-state index >= 15 is 0 Å². The molecule has 120 valence electrons. The molecule has 0 spiro atoms. The normalized spacial score (nSPS) is 10.6. The third-order valence-corrected chi connectivity index (χ3v) is 4.62.